The highest BCUT2D eigenvalue weighted by Gasteiger charge is 2.62. The molecule has 2 nitrogen and oxygen atoms in total. The topological polar surface area (TPSA) is 26.3 Å². The fourth-order valence-corrected chi connectivity index (χ4v) is 32.9. The summed E-state index contributed by atoms with van der Waals surface area (Å²) in [5.41, 5.74) is 2.83. The molecule has 0 amide bonds. The number of ether oxygens (including phenoxy) is 1. The number of hydrogen-bond donors (Lipinski definition) is 0. The van der Waals surface area contributed by atoms with Gasteiger partial charge >= 0.3 is 5.97 Å². The van der Waals surface area contributed by atoms with Gasteiger partial charge in [0.1, 0.15) is 0 Å². The van der Waals surface area contributed by atoms with Crippen LogP contribution in [-0.4, -0.2) is 13.1 Å². The van der Waals surface area contributed by atoms with Crippen LogP contribution in [0.15, 0.2) is 0 Å². The van der Waals surface area contributed by atoms with Crippen LogP contribution in [0, 0.1) is 115 Å². The van der Waals surface area contributed by atoms with E-state index in [0.29, 0.717) is 5.92 Å². The molecule has 0 spiro atoms. The average Bonchev–Trinajstić information content (AvgIpc) is 0.722. The number of carbonyl (C=O) groups excluding carboxylic acids is 1. The monoisotopic (exact) mass is 1770 g/mol. The third-order valence-corrected chi connectivity index (χ3v) is 45.1. The van der Waals surface area contributed by atoms with Crippen LogP contribution < -0.4 is 0 Å². The smallest absolute Gasteiger partial charge is 0.308 e. The Kier molecular flexibility index (Phi) is 56.1. The van der Waals surface area contributed by atoms with Crippen molar-refractivity contribution in [3.63, 3.8) is 0 Å². The number of methoxy groups -OCH3 is 1. The third kappa shape index (κ3) is 32.3. The Morgan fingerprint density at radius 1 is 0.183 bits per heavy atom. The van der Waals surface area contributed by atoms with E-state index in [1.54, 1.807) is 7.11 Å². The molecule has 756 valence electrons. The molecule has 0 aliphatic carbocycles. The van der Waals surface area contributed by atoms with Crippen LogP contribution in [0.3, 0.4) is 0 Å². The van der Waals surface area contributed by atoms with Gasteiger partial charge < -0.3 is 4.74 Å². The van der Waals surface area contributed by atoms with E-state index in [1.807, 2.05) is 0 Å². The van der Waals surface area contributed by atoms with Gasteiger partial charge in [0.15, 0.2) is 0 Å². The zero-order valence-electron chi connectivity index (χ0n) is 96.4. The maximum atomic E-state index is 13.9. The molecular formula is C124H248O2. The molecule has 0 aliphatic rings. The molecule has 0 aromatic heterocycles. The van der Waals surface area contributed by atoms with Crippen molar-refractivity contribution in [3.8, 4) is 0 Å². The predicted octanol–water partition coefficient (Wildman–Crippen LogP) is 44.4. The van der Waals surface area contributed by atoms with Crippen LogP contribution in [0.2, 0.25) is 0 Å². The van der Waals surface area contributed by atoms with Crippen molar-refractivity contribution in [2.24, 2.45) is 115 Å². The van der Waals surface area contributed by atoms with Gasteiger partial charge in [-0.05, 0) is 244 Å². The highest BCUT2D eigenvalue weighted by atomic mass is 16.5. The van der Waals surface area contributed by atoms with Crippen molar-refractivity contribution in [1.29, 1.82) is 0 Å². The predicted molar refractivity (Wildman–Crippen MR) is 575 cm³/mol. The molecule has 126 heavy (non-hydrogen) atoms. The fourth-order valence-electron chi connectivity index (χ4n) is 32.9. The summed E-state index contributed by atoms with van der Waals surface area (Å²) in [4.78, 5) is 13.9. The maximum absolute atomic E-state index is 13.9. The van der Waals surface area contributed by atoms with Gasteiger partial charge in [0.2, 0.25) is 0 Å². The molecule has 2 unspecified atom stereocenters. The van der Waals surface area contributed by atoms with Crippen molar-refractivity contribution in [3.05, 3.63) is 0 Å². The van der Waals surface area contributed by atoms with Gasteiger partial charge in [-0.3, -0.25) is 4.79 Å². The van der Waals surface area contributed by atoms with Crippen molar-refractivity contribution in [2.75, 3.05) is 7.11 Å². The van der Waals surface area contributed by atoms with Crippen LogP contribution in [0.25, 0.3) is 0 Å². The molecule has 2 atom stereocenters. The van der Waals surface area contributed by atoms with Crippen LogP contribution in [0.5, 0.6) is 0 Å². The fraction of sp³-hybridized carbons (Fsp3) is 0.992. The summed E-state index contributed by atoms with van der Waals surface area (Å²) < 4.78 is 5.68. The zero-order chi connectivity index (χ0) is 97.4. The maximum Gasteiger partial charge on any atom is 0.308 e. The second-order valence-electron chi connectivity index (χ2n) is 48.9. The number of hydrogen-bond acceptors (Lipinski definition) is 2. The minimum absolute atomic E-state index is 0.0200. The molecule has 0 fully saturated rings. The lowest BCUT2D eigenvalue weighted by atomic mass is 9.42. The standard InChI is InChI=1S/C124H248O2/c1-43-104(83-82-103(40)105(125)126-42)84-119(80-38,81-39)100-122(101-123(94-113(62-20,63-21)64-22,95-114(65-23,66-24)67-25)96-115(68-26,69-27)70-28,102-124(97-116(71-29,72-30)73-31,98-117(74-32,75-33)76-34)99-118(77-35,78-36)79-37)87-106(41,85-120(88-107(44-2,45-3)46-4,89-108(47-5,48-6)49-7)90-109(50-8,51-9)52-10)86-121(91-110(53-11,54-12)55-13,92-111(56-14,57-15)58-16)93-112(59-17,60-18)61-19/h103-104H,43-102H2,1-42H3. The molecule has 0 aromatic carbocycles. The van der Waals surface area contributed by atoms with E-state index in [0.717, 1.165) is 12.8 Å². The average molecular weight is 1770 g/mol. The first-order chi connectivity index (χ1) is 59.3. The van der Waals surface area contributed by atoms with E-state index < -0.39 is 0 Å². The van der Waals surface area contributed by atoms with Gasteiger partial charge in [-0.1, -0.05) is 534 Å². The molecule has 0 aromatic rings. The van der Waals surface area contributed by atoms with Gasteiger partial charge in [-0.15, -0.1) is 0 Å². The Labute approximate surface area is 801 Å². The summed E-state index contributed by atoms with van der Waals surface area (Å²) in [5, 5.41) is 0. The van der Waals surface area contributed by atoms with Gasteiger partial charge in [-0.2, -0.15) is 0 Å². The summed E-state index contributed by atoms with van der Waals surface area (Å²) in [7, 11) is 1.65. The lowest BCUT2D eigenvalue weighted by Crippen LogP contribution is -2.52. The number of rotatable bonds is 81. The minimum Gasteiger partial charge on any atom is -0.469 e. The van der Waals surface area contributed by atoms with E-state index in [2.05, 4.69) is 284 Å². The Hall–Kier alpha value is -0.530. The van der Waals surface area contributed by atoms with Crippen LogP contribution in [0.4, 0.5) is 0 Å². The van der Waals surface area contributed by atoms with E-state index >= 15 is 0 Å². The first-order valence-corrected chi connectivity index (χ1v) is 58.4. The van der Waals surface area contributed by atoms with Gasteiger partial charge in [0, 0.05) is 0 Å². The largest absolute Gasteiger partial charge is 0.469 e. The lowest BCUT2D eigenvalue weighted by Gasteiger charge is -2.63. The van der Waals surface area contributed by atoms with E-state index in [4.69, 9.17) is 4.74 Å². The lowest BCUT2D eigenvalue weighted by molar-refractivity contribution is -0.145. The van der Waals surface area contributed by atoms with E-state index in [9.17, 15) is 4.79 Å². The Morgan fingerprint density at radius 3 is 0.421 bits per heavy atom. The number of esters is 1. The van der Waals surface area contributed by atoms with Crippen LogP contribution in [0.1, 0.15) is 669 Å². The highest BCUT2D eigenvalue weighted by molar-refractivity contribution is 5.71. The van der Waals surface area contributed by atoms with Gasteiger partial charge in [0.25, 0.3) is 0 Å². The molecule has 0 heterocycles. The molecule has 0 saturated heterocycles. The quantitative estimate of drug-likeness (QED) is 0.0568. The molecule has 0 aliphatic heterocycles. The van der Waals surface area contributed by atoms with Gasteiger partial charge in [0.05, 0.1) is 13.0 Å². The van der Waals surface area contributed by atoms with Crippen LogP contribution in [-0.2, 0) is 9.53 Å². The Bertz CT molecular complexity index is 2270. The summed E-state index contributed by atoms with van der Waals surface area (Å²) in [5.74, 6) is 0.388. The molecule has 0 N–H and O–H groups in total. The van der Waals surface area contributed by atoms with Crippen LogP contribution >= 0.6 is 0 Å². The first-order valence-electron chi connectivity index (χ1n) is 58.4. The van der Waals surface area contributed by atoms with E-state index in [-0.39, 0.29) is 115 Å². The van der Waals surface area contributed by atoms with Gasteiger partial charge in [-0.25, -0.2) is 0 Å². The van der Waals surface area contributed by atoms with Crippen molar-refractivity contribution in [1.82, 2.24) is 0 Å². The Balaban J connectivity index is 14.3. The second kappa shape index (κ2) is 56.4. The highest BCUT2D eigenvalue weighted by Crippen LogP contribution is 2.74. The van der Waals surface area contributed by atoms with E-state index in [1.165, 1.54) is 372 Å². The van der Waals surface area contributed by atoms with Crippen molar-refractivity contribution >= 4 is 5.97 Å². The normalized spacial score (nSPS) is 15.0. The molecule has 0 saturated carbocycles. The Morgan fingerprint density at radius 2 is 0.302 bits per heavy atom. The summed E-state index contributed by atoms with van der Waals surface area (Å²) in [6, 6.07) is 0. The third-order valence-electron chi connectivity index (χ3n) is 45.1. The van der Waals surface area contributed by atoms with Crippen molar-refractivity contribution in [2.45, 2.75) is 669 Å². The van der Waals surface area contributed by atoms with Crippen molar-refractivity contribution < 1.29 is 9.53 Å². The molecule has 0 bridgehead atoms. The zero-order valence-corrected chi connectivity index (χ0v) is 96.4. The SMILES string of the molecule is CCC(CCC(C)C(=O)OC)CC(CC)(CC)CC(CC(C)(CC(CC(CC)(CC)CC)(CC(CC)(CC)CC)CC(CC)(CC)CC)CC(CC(CC)(CC)CC)(CC(CC)(CC)CC)CC(CC)(CC)CC)(CC(CC(CC)(CC)CC)(CC(CC)(CC)CC)CC(CC)(CC)CC)CC(CC(CC)(CC)CC)(CC(CC)(CC)CC)CC(CC)(CC)CC. The summed E-state index contributed by atoms with van der Waals surface area (Å²) >= 11 is 0. The number of carbonyl (C=O) groups is 1. The molecule has 0 rings (SSSR count). The molecule has 0 radical (unpaired) electrons. The molecular weight excluding hydrogens is 1520 g/mol. The second-order valence-corrected chi connectivity index (χ2v) is 48.9. The summed E-state index contributed by atoms with van der Waals surface area (Å²) in [6.07, 6.45) is 77.1. The minimum atomic E-state index is -0.106. The summed E-state index contributed by atoms with van der Waals surface area (Å²) in [6.45, 7) is 111. The molecule has 2 heteroatoms. The first kappa shape index (κ1) is 125.